The van der Waals surface area contributed by atoms with Gasteiger partial charge in [-0.2, -0.15) is 5.06 Å². The minimum Gasteiger partial charge on any atom is -0.469 e. The molecule has 0 N–H and O–H groups in total. The van der Waals surface area contributed by atoms with Crippen LogP contribution >= 0.6 is 0 Å². The Labute approximate surface area is 124 Å². The van der Waals surface area contributed by atoms with Gasteiger partial charge in [0.2, 0.25) is 0 Å². The van der Waals surface area contributed by atoms with Crippen LogP contribution in [0.2, 0.25) is 0 Å². The molecule has 5 nitrogen and oxygen atoms in total. The van der Waals surface area contributed by atoms with Gasteiger partial charge in [0, 0.05) is 0 Å². The lowest BCUT2D eigenvalue weighted by atomic mass is 9.93. The monoisotopic (exact) mass is 291 g/mol. The first kappa shape index (κ1) is 14.5. The Kier molecular flexibility index (Phi) is 3.51. The van der Waals surface area contributed by atoms with Gasteiger partial charge in [-0.15, -0.1) is 0 Å². The van der Waals surface area contributed by atoms with Crippen molar-refractivity contribution >= 4 is 5.97 Å². The van der Waals surface area contributed by atoms with Gasteiger partial charge in [0.05, 0.1) is 19.3 Å². The standard InChI is InChI=1S/C16H21NO4/c1-10-14(12-8-6-5-7-9-12)20-16(3)13(15(18)19-4)11(2)21-17(10)16/h5-11,13-14H,1-4H3/t10-,11+,13-,14-,16+/m1/s1. The molecule has 1 aromatic carbocycles. The Morgan fingerprint density at radius 1 is 1.29 bits per heavy atom. The molecule has 0 amide bonds. The van der Waals surface area contributed by atoms with E-state index in [0.29, 0.717) is 0 Å². The summed E-state index contributed by atoms with van der Waals surface area (Å²) in [5, 5.41) is 1.82. The normalized spacial score (nSPS) is 39.2. The van der Waals surface area contributed by atoms with E-state index < -0.39 is 11.6 Å². The number of rotatable bonds is 2. The summed E-state index contributed by atoms with van der Waals surface area (Å²) in [5.41, 5.74) is 0.285. The summed E-state index contributed by atoms with van der Waals surface area (Å²) in [6.45, 7) is 5.82. The second-order valence-corrected chi connectivity index (χ2v) is 5.88. The van der Waals surface area contributed by atoms with Crippen LogP contribution in [0.5, 0.6) is 0 Å². The van der Waals surface area contributed by atoms with E-state index in [1.807, 2.05) is 49.2 Å². The van der Waals surface area contributed by atoms with Crippen LogP contribution < -0.4 is 0 Å². The molecule has 2 aliphatic rings. The van der Waals surface area contributed by atoms with E-state index in [1.54, 1.807) is 0 Å². The predicted octanol–water partition coefficient (Wildman–Crippen LogP) is 2.29. The van der Waals surface area contributed by atoms with Gasteiger partial charge >= 0.3 is 5.97 Å². The van der Waals surface area contributed by atoms with Crippen molar-refractivity contribution in [3.05, 3.63) is 35.9 Å². The highest BCUT2D eigenvalue weighted by molar-refractivity contribution is 5.74. The molecule has 2 saturated heterocycles. The maximum Gasteiger partial charge on any atom is 0.315 e. The van der Waals surface area contributed by atoms with Crippen LogP contribution in [0.25, 0.3) is 0 Å². The van der Waals surface area contributed by atoms with Gasteiger partial charge in [-0.3, -0.25) is 9.63 Å². The van der Waals surface area contributed by atoms with Crippen LogP contribution in [0, 0.1) is 5.92 Å². The van der Waals surface area contributed by atoms with Crippen molar-refractivity contribution in [2.45, 2.75) is 44.7 Å². The maximum absolute atomic E-state index is 12.1. The van der Waals surface area contributed by atoms with Crippen LogP contribution in [0.1, 0.15) is 32.4 Å². The fourth-order valence-corrected chi connectivity index (χ4v) is 3.55. The molecule has 0 spiro atoms. The Morgan fingerprint density at radius 2 is 1.95 bits per heavy atom. The molecule has 0 radical (unpaired) electrons. The van der Waals surface area contributed by atoms with Crippen LogP contribution in [0.15, 0.2) is 30.3 Å². The third-order valence-electron chi connectivity index (χ3n) is 4.52. The fourth-order valence-electron chi connectivity index (χ4n) is 3.55. The minimum atomic E-state index is -0.799. The molecule has 0 aromatic heterocycles. The van der Waals surface area contributed by atoms with Crippen LogP contribution in [0.4, 0.5) is 0 Å². The van der Waals surface area contributed by atoms with E-state index in [4.69, 9.17) is 14.3 Å². The lowest BCUT2D eigenvalue weighted by Gasteiger charge is -2.29. The van der Waals surface area contributed by atoms with E-state index in [9.17, 15) is 4.79 Å². The molecule has 0 unspecified atom stereocenters. The summed E-state index contributed by atoms with van der Waals surface area (Å²) in [6, 6.07) is 10.0. The second-order valence-electron chi connectivity index (χ2n) is 5.88. The van der Waals surface area contributed by atoms with Crippen LogP contribution in [-0.4, -0.2) is 36.0 Å². The molecule has 2 fully saturated rings. The van der Waals surface area contributed by atoms with Gasteiger partial charge in [-0.25, -0.2) is 0 Å². The highest BCUT2D eigenvalue weighted by Gasteiger charge is 2.63. The molecule has 0 saturated carbocycles. The highest BCUT2D eigenvalue weighted by atomic mass is 16.8. The van der Waals surface area contributed by atoms with Crippen LogP contribution in [-0.2, 0) is 19.1 Å². The van der Waals surface area contributed by atoms with E-state index in [2.05, 4.69) is 6.92 Å². The van der Waals surface area contributed by atoms with E-state index in [1.165, 1.54) is 7.11 Å². The van der Waals surface area contributed by atoms with E-state index >= 15 is 0 Å². The molecular weight excluding hydrogens is 270 g/mol. The molecule has 3 rings (SSSR count). The third-order valence-corrected chi connectivity index (χ3v) is 4.52. The van der Waals surface area contributed by atoms with Crippen molar-refractivity contribution in [3.8, 4) is 0 Å². The topological polar surface area (TPSA) is 48.0 Å². The number of nitrogens with zero attached hydrogens (tertiary/aromatic N) is 1. The Hall–Kier alpha value is -1.43. The maximum atomic E-state index is 12.1. The molecule has 2 heterocycles. The van der Waals surface area contributed by atoms with Gasteiger partial charge in [-0.1, -0.05) is 30.3 Å². The number of fused-ring (bicyclic) bond motifs is 1. The fraction of sp³-hybridized carbons (Fsp3) is 0.562. The average molecular weight is 291 g/mol. The number of ether oxygens (including phenoxy) is 2. The van der Waals surface area contributed by atoms with Crippen molar-refractivity contribution in [1.29, 1.82) is 0 Å². The molecule has 0 bridgehead atoms. The summed E-state index contributed by atoms with van der Waals surface area (Å²) >= 11 is 0. The van der Waals surface area contributed by atoms with E-state index in [-0.39, 0.29) is 24.2 Å². The molecule has 21 heavy (non-hydrogen) atoms. The van der Waals surface area contributed by atoms with Gasteiger partial charge < -0.3 is 9.47 Å². The Morgan fingerprint density at radius 3 is 2.57 bits per heavy atom. The number of hydrogen-bond acceptors (Lipinski definition) is 5. The second kappa shape index (κ2) is 5.09. The first-order valence-corrected chi connectivity index (χ1v) is 7.25. The molecule has 0 aliphatic carbocycles. The number of esters is 1. The molecule has 2 aliphatic heterocycles. The number of benzene rings is 1. The van der Waals surface area contributed by atoms with Crippen molar-refractivity contribution in [2.24, 2.45) is 5.92 Å². The van der Waals surface area contributed by atoms with Crippen molar-refractivity contribution in [2.75, 3.05) is 7.11 Å². The largest absolute Gasteiger partial charge is 0.469 e. The zero-order valence-electron chi connectivity index (χ0n) is 12.8. The number of hydroxylamine groups is 2. The average Bonchev–Trinajstić information content (AvgIpc) is 2.89. The SMILES string of the molecule is COC(=O)[C@H]1[C@H](C)ON2[C@H](C)[C@H](c3ccccc3)O[C@@]12C. The number of methoxy groups -OCH3 is 1. The summed E-state index contributed by atoms with van der Waals surface area (Å²) in [4.78, 5) is 18.0. The lowest BCUT2D eigenvalue weighted by Crippen LogP contribution is -2.46. The minimum absolute atomic E-state index is 0.0227. The Balaban J connectivity index is 1.93. The molecule has 5 heteroatoms. The zero-order chi connectivity index (χ0) is 15.2. The van der Waals surface area contributed by atoms with Gasteiger partial charge in [-0.05, 0) is 26.3 Å². The lowest BCUT2D eigenvalue weighted by molar-refractivity contribution is -0.217. The van der Waals surface area contributed by atoms with Crippen molar-refractivity contribution < 1.29 is 19.1 Å². The van der Waals surface area contributed by atoms with E-state index in [0.717, 1.165) is 5.56 Å². The van der Waals surface area contributed by atoms with Crippen molar-refractivity contribution in [1.82, 2.24) is 5.06 Å². The smallest absolute Gasteiger partial charge is 0.315 e. The van der Waals surface area contributed by atoms with Gasteiger partial charge in [0.25, 0.3) is 0 Å². The first-order valence-electron chi connectivity index (χ1n) is 7.25. The summed E-state index contributed by atoms with van der Waals surface area (Å²) in [7, 11) is 1.40. The predicted molar refractivity (Wildman–Crippen MR) is 76.0 cm³/mol. The molecule has 114 valence electrons. The van der Waals surface area contributed by atoms with Gasteiger partial charge in [0.15, 0.2) is 5.72 Å². The Bertz CT molecular complexity index is 534. The summed E-state index contributed by atoms with van der Waals surface area (Å²) < 4.78 is 11.2. The van der Waals surface area contributed by atoms with Crippen LogP contribution in [0.3, 0.4) is 0 Å². The zero-order valence-corrected chi connectivity index (χ0v) is 12.8. The van der Waals surface area contributed by atoms with Crippen molar-refractivity contribution in [3.63, 3.8) is 0 Å². The molecule has 1 aromatic rings. The number of hydrogen-bond donors (Lipinski definition) is 0. The highest BCUT2D eigenvalue weighted by Crippen LogP contribution is 2.50. The third kappa shape index (κ3) is 2.08. The number of carbonyl (C=O) groups is 1. The summed E-state index contributed by atoms with van der Waals surface area (Å²) in [5.74, 6) is -0.757. The molecule has 5 atom stereocenters. The van der Waals surface area contributed by atoms with Gasteiger partial charge in [0.1, 0.15) is 12.0 Å². The quantitative estimate of drug-likeness (QED) is 0.782. The molecular formula is C16H21NO4. The first-order chi connectivity index (χ1) is 9.99. The number of carbonyl (C=O) groups excluding carboxylic acids is 1. The summed E-state index contributed by atoms with van der Waals surface area (Å²) in [6.07, 6.45) is -0.391.